The molecule has 5 nitrogen and oxygen atoms in total. The van der Waals surface area contributed by atoms with E-state index in [0.29, 0.717) is 28.8 Å². The van der Waals surface area contributed by atoms with Gasteiger partial charge in [0.2, 0.25) is 6.41 Å². The van der Waals surface area contributed by atoms with E-state index in [2.05, 4.69) is 10.3 Å². The van der Waals surface area contributed by atoms with E-state index in [1.807, 2.05) is 0 Å². The number of nitrogens with zero attached hydrogens (tertiary/aromatic N) is 1. The summed E-state index contributed by atoms with van der Waals surface area (Å²) in [5.74, 6) is -3.16. The van der Waals surface area contributed by atoms with E-state index in [-0.39, 0.29) is 12.0 Å². The molecule has 1 heterocycles. The van der Waals surface area contributed by atoms with Gasteiger partial charge < -0.3 is 11.1 Å². The monoisotopic (exact) mass is 399 g/mol. The third-order valence-electron chi connectivity index (χ3n) is 4.34. The molecule has 1 atom stereocenters. The maximum atomic E-state index is 13.8. The lowest BCUT2D eigenvalue weighted by Gasteiger charge is -2.19. The van der Waals surface area contributed by atoms with Crippen molar-refractivity contribution in [2.45, 2.75) is 12.5 Å². The van der Waals surface area contributed by atoms with Crippen molar-refractivity contribution in [3.05, 3.63) is 89.0 Å². The number of primary amides is 1. The second-order valence-corrected chi connectivity index (χ2v) is 6.31. The number of hydrogen-bond acceptors (Lipinski definition) is 3. The molecule has 148 valence electrons. The van der Waals surface area contributed by atoms with Gasteiger partial charge in [-0.15, -0.1) is 0 Å². The molecule has 1 unspecified atom stereocenters. The normalized spacial score (nSPS) is 11.7. The SMILES string of the molecule is NC(=O)c1cc(-c2cccnc2C(Cc2cc(F)cc(F)c2)NC=O)ccc1F. The quantitative estimate of drug-likeness (QED) is 0.598. The fraction of sp³-hybridized carbons (Fsp3) is 0.0952. The average Bonchev–Trinajstić information content (AvgIpc) is 2.67. The molecular formula is C21H16F3N3O2. The van der Waals surface area contributed by atoms with E-state index in [1.54, 1.807) is 12.1 Å². The Labute approximate surface area is 164 Å². The lowest BCUT2D eigenvalue weighted by atomic mass is 9.94. The topological polar surface area (TPSA) is 85.1 Å². The van der Waals surface area contributed by atoms with Crippen LogP contribution >= 0.6 is 0 Å². The van der Waals surface area contributed by atoms with Gasteiger partial charge in [0, 0.05) is 17.8 Å². The zero-order valence-corrected chi connectivity index (χ0v) is 15.0. The van der Waals surface area contributed by atoms with Crippen molar-refractivity contribution in [2.24, 2.45) is 5.73 Å². The molecule has 2 aromatic carbocycles. The molecule has 0 saturated heterocycles. The standard InChI is InChI=1S/C21H16F3N3O2/c22-14-6-12(7-15(23)10-14)8-19(27-11-28)20-16(2-1-5-26-20)13-3-4-18(24)17(9-13)21(25)29/h1-7,9-11,19H,8H2,(H2,25,29)(H,27,28). The van der Waals surface area contributed by atoms with Crippen LogP contribution in [-0.2, 0) is 11.2 Å². The van der Waals surface area contributed by atoms with Crippen LogP contribution < -0.4 is 11.1 Å². The van der Waals surface area contributed by atoms with Crippen molar-refractivity contribution >= 4 is 12.3 Å². The predicted molar refractivity (Wildman–Crippen MR) is 100 cm³/mol. The second kappa shape index (κ2) is 8.55. The van der Waals surface area contributed by atoms with Crippen molar-refractivity contribution in [1.82, 2.24) is 10.3 Å². The molecular weight excluding hydrogens is 383 g/mol. The Balaban J connectivity index is 2.06. The number of nitrogens with two attached hydrogens (primary N) is 1. The largest absolute Gasteiger partial charge is 0.366 e. The molecule has 29 heavy (non-hydrogen) atoms. The number of hydrogen-bond donors (Lipinski definition) is 2. The van der Waals surface area contributed by atoms with Crippen molar-refractivity contribution < 1.29 is 22.8 Å². The van der Waals surface area contributed by atoms with E-state index in [4.69, 9.17) is 5.73 Å². The van der Waals surface area contributed by atoms with Gasteiger partial charge in [0.15, 0.2) is 0 Å². The zero-order valence-electron chi connectivity index (χ0n) is 15.0. The molecule has 0 spiro atoms. The van der Waals surface area contributed by atoms with Crippen molar-refractivity contribution in [1.29, 1.82) is 0 Å². The summed E-state index contributed by atoms with van der Waals surface area (Å²) in [6, 6.07) is 9.49. The van der Waals surface area contributed by atoms with Crippen LogP contribution in [0, 0.1) is 17.5 Å². The van der Waals surface area contributed by atoms with Gasteiger partial charge in [0.25, 0.3) is 5.91 Å². The van der Waals surface area contributed by atoms with Gasteiger partial charge in [0.1, 0.15) is 17.5 Å². The zero-order chi connectivity index (χ0) is 21.0. The van der Waals surface area contributed by atoms with Gasteiger partial charge in [-0.2, -0.15) is 0 Å². The molecule has 8 heteroatoms. The van der Waals surface area contributed by atoms with Gasteiger partial charge in [-0.3, -0.25) is 14.6 Å². The molecule has 0 radical (unpaired) electrons. The minimum Gasteiger partial charge on any atom is -0.366 e. The maximum absolute atomic E-state index is 13.8. The van der Waals surface area contributed by atoms with E-state index >= 15 is 0 Å². The third kappa shape index (κ3) is 4.60. The Morgan fingerprint density at radius 1 is 1.10 bits per heavy atom. The molecule has 0 aliphatic carbocycles. The summed E-state index contributed by atoms with van der Waals surface area (Å²) in [6.07, 6.45) is 2.00. The van der Waals surface area contributed by atoms with E-state index in [9.17, 15) is 22.8 Å². The van der Waals surface area contributed by atoms with Crippen LogP contribution in [-0.4, -0.2) is 17.3 Å². The molecule has 0 bridgehead atoms. The summed E-state index contributed by atoms with van der Waals surface area (Å²) >= 11 is 0. The van der Waals surface area contributed by atoms with E-state index < -0.39 is 29.4 Å². The number of halogens is 3. The predicted octanol–water partition coefficient (Wildman–Crippen LogP) is 3.29. The Kier molecular flexibility index (Phi) is 5.92. The molecule has 0 aliphatic heterocycles. The van der Waals surface area contributed by atoms with Crippen LogP contribution in [0.1, 0.15) is 27.7 Å². The Morgan fingerprint density at radius 2 is 1.83 bits per heavy atom. The Bertz CT molecular complexity index is 1050. The van der Waals surface area contributed by atoms with Crippen LogP contribution in [0.5, 0.6) is 0 Å². The molecule has 2 amide bonds. The van der Waals surface area contributed by atoms with Crippen molar-refractivity contribution in [3.8, 4) is 11.1 Å². The number of pyridine rings is 1. The van der Waals surface area contributed by atoms with E-state index in [1.165, 1.54) is 18.3 Å². The number of rotatable bonds is 7. The summed E-state index contributed by atoms with van der Waals surface area (Å²) < 4.78 is 40.9. The first-order valence-corrected chi connectivity index (χ1v) is 8.58. The first-order valence-electron chi connectivity index (χ1n) is 8.58. The first kappa shape index (κ1) is 20.1. The van der Waals surface area contributed by atoms with Crippen molar-refractivity contribution in [3.63, 3.8) is 0 Å². The van der Waals surface area contributed by atoms with Gasteiger partial charge >= 0.3 is 0 Å². The summed E-state index contributed by atoms with van der Waals surface area (Å²) in [6.45, 7) is 0. The van der Waals surface area contributed by atoms with Crippen LogP contribution in [0.2, 0.25) is 0 Å². The van der Waals surface area contributed by atoms with E-state index in [0.717, 1.165) is 24.3 Å². The van der Waals surface area contributed by atoms with Crippen LogP contribution in [0.15, 0.2) is 54.7 Å². The highest BCUT2D eigenvalue weighted by Gasteiger charge is 2.20. The molecule has 0 aliphatic rings. The van der Waals surface area contributed by atoms with Crippen LogP contribution in [0.3, 0.4) is 0 Å². The highest BCUT2D eigenvalue weighted by Crippen LogP contribution is 2.30. The minimum atomic E-state index is -0.924. The first-order chi connectivity index (χ1) is 13.9. The van der Waals surface area contributed by atoms with Gasteiger partial charge in [0.05, 0.1) is 17.3 Å². The van der Waals surface area contributed by atoms with Gasteiger partial charge in [-0.1, -0.05) is 12.1 Å². The summed E-state index contributed by atoms with van der Waals surface area (Å²) in [5.41, 5.74) is 6.58. The second-order valence-electron chi connectivity index (χ2n) is 6.31. The number of carbonyl (C=O) groups is 2. The molecule has 3 rings (SSSR count). The fourth-order valence-electron chi connectivity index (χ4n) is 3.10. The number of amides is 2. The number of nitrogens with one attached hydrogen (secondary N) is 1. The number of aromatic nitrogens is 1. The highest BCUT2D eigenvalue weighted by atomic mass is 19.1. The fourth-order valence-corrected chi connectivity index (χ4v) is 3.10. The summed E-state index contributed by atoms with van der Waals surface area (Å²) in [4.78, 5) is 26.9. The minimum absolute atomic E-state index is 0.0568. The Morgan fingerprint density at radius 3 is 2.48 bits per heavy atom. The lowest BCUT2D eigenvalue weighted by Crippen LogP contribution is -2.23. The van der Waals surface area contributed by atoms with Gasteiger partial charge in [-0.25, -0.2) is 13.2 Å². The molecule has 0 saturated carbocycles. The van der Waals surface area contributed by atoms with Gasteiger partial charge in [-0.05, 0) is 47.9 Å². The smallest absolute Gasteiger partial charge is 0.251 e. The average molecular weight is 399 g/mol. The summed E-state index contributed by atoms with van der Waals surface area (Å²) in [5, 5.41) is 2.59. The molecule has 1 aromatic heterocycles. The van der Waals surface area contributed by atoms with Crippen LogP contribution in [0.4, 0.5) is 13.2 Å². The third-order valence-corrected chi connectivity index (χ3v) is 4.34. The highest BCUT2D eigenvalue weighted by molar-refractivity contribution is 5.94. The van der Waals surface area contributed by atoms with Crippen LogP contribution in [0.25, 0.3) is 11.1 Å². The maximum Gasteiger partial charge on any atom is 0.251 e. The molecule has 3 N–H and O–H groups in total. The lowest BCUT2D eigenvalue weighted by molar-refractivity contribution is -0.110. The Hall–Kier alpha value is -3.68. The molecule has 3 aromatic rings. The number of carbonyl (C=O) groups excluding carboxylic acids is 2. The van der Waals surface area contributed by atoms with Crippen molar-refractivity contribution in [2.75, 3.05) is 0 Å². The summed E-state index contributed by atoms with van der Waals surface area (Å²) in [7, 11) is 0. The number of benzene rings is 2. The molecule has 0 fully saturated rings.